The summed E-state index contributed by atoms with van der Waals surface area (Å²) in [6, 6.07) is 14.9. The molecule has 2 rings (SSSR count). The van der Waals surface area contributed by atoms with Gasteiger partial charge in [-0.25, -0.2) is 0 Å². The molecule has 2 aromatic carbocycles. The van der Waals surface area contributed by atoms with Gasteiger partial charge in [0, 0.05) is 5.92 Å². The highest BCUT2D eigenvalue weighted by atomic mass is 16.5. The molecule has 0 saturated carbocycles. The SMILES string of the molecule is CCc1ccc(C(CCN)c2ccc(OC)c(OC)c2)cc1. The zero-order chi connectivity index (χ0) is 15.9. The number of nitrogens with two attached hydrogens (primary N) is 1. The van der Waals surface area contributed by atoms with Crippen molar-refractivity contribution in [3.8, 4) is 11.5 Å². The topological polar surface area (TPSA) is 44.5 Å². The summed E-state index contributed by atoms with van der Waals surface area (Å²) in [6.45, 7) is 2.81. The summed E-state index contributed by atoms with van der Waals surface area (Å²) in [4.78, 5) is 0. The summed E-state index contributed by atoms with van der Waals surface area (Å²) in [5.74, 6) is 1.78. The Morgan fingerprint density at radius 1 is 0.909 bits per heavy atom. The molecular weight excluding hydrogens is 274 g/mol. The summed E-state index contributed by atoms with van der Waals surface area (Å²) in [5.41, 5.74) is 9.67. The van der Waals surface area contributed by atoms with Crippen molar-refractivity contribution < 1.29 is 9.47 Å². The minimum atomic E-state index is 0.274. The summed E-state index contributed by atoms with van der Waals surface area (Å²) in [6.07, 6.45) is 1.96. The molecule has 0 radical (unpaired) electrons. The van der Waals surface area contributed by atoms with Crippen LogP contribution in [-0.2, 0) is 6.42 Å². The second-order valence-corrected chi connectivity index (χ2v) is 5.34. The molecule has 3 nitrogen and oxygen atoms in total. The molecule has 0 saturated heterocycles. The summed E-state index contributed by atoms with van der Waals surface area (Å²) < 4.78 is 10.7. The zero-order valence-electron chi connectivity index (χ0n) is 13.6. The molecule has 0 fully saturated rings. The largest absolute Gasteiger partial charge is 0.493 e. The van der Waals surface area contributed by atoms with Crippen LogP contribution in [-0.4, -0.2) is 20.8 Å². The van der Waals surface area contributed by atoms with Crippen molar-refractivity contribution in [2.75, 3.05) is 20.8 Å². The number of methoxy groups -OCH3 is 2. The Balaban J connectivity index is 2.38. The highest BCUT2D eigenvalue weighted by Crippen LogP contribution is 2.34. The van der Waals surface area contributed by atoms with E-state index in [1.807, 2.05) is 12.1 Å². The fourth-order valence-corrected chi connectivity index (χ4v) is 2.75. The van der Waals surface area contributed by atoms with Crippen molar-refractivity contribution in [3.63, 3.8) is 0 Å². The number of rotatable bonds is 7. The lowest BCUT2D eigenvalue weighted by Crippen LogP contribution is -2.09. The number of benzene rings is 2. The normalized spacial score (nSPS) is 12.0. The second kappa shape index (κ2) is 7.85. The van der Waals surface area contributed by atoms with Gasteiger partial charge in [0.25, 0.3) is 0 Å². The van der Waals surface area contributed by atoms with E-state index >= 15 is 0 Å². The lowest BCUT2D eigenvalue weighted by Gasteiger charge is -2.19. The smallest absolute Gasteiger partial charge is 0.161 e. The third-order valence-electron chi connectivity index (χ3n) is 4.06. The quantitative estimate of drug-likeness (QED) is 0.847. The van der Waals surface area contributed by atoms with Gasteiger partial charge in [0.2, 0.25) is 0 Å². The average Bonchev–Trinajstić information content (AvgIpc) is 2.59. The lowest BCUT2D eigenvalue weighted by atomic mass is 9.88. The molecular formula is C19H25NO2. The predicted octanol–water partition coefficient (Wildman–Crippen LogP) is 3.75. The molecule has 0 aliphatic heterocycles. The van der Waals surface area contributed by atoms with Crippen LogP contribution >= 0.6 is 0 Å². The number of aryl methyl sites for hydroxylation is 1. The van der Waals surface area contributed by atoms with E-state index < -0.39 is 0 Å². The Kier molecular flexibility index (Phi) is 5.84. The third kappa shape index (κ3) is 3.60. The van der Waals surface area contributed by atoms with Crippen LogP contribution in [0.2, 0.25) is 0 Å². The first-order chi connectivity index (χ1) is 10.7. The summed E-state index contributed by atoms with van der Waals surface area (Å²) in [7, 11) is 3.31. The molecule has 0 aromatic heterocycles. The minimum absolute atomic E-state index is 0.274. The first-order valence-electron chi connectivity index (χ1n) is 7.74. The van der Waals surface area contributed by atoms with E-state index in [9.17, 15) is 0 Å². The lowest BCUT2D eigenvalue weighted by molar-refractivity contribution is 0.354. The maximum Gasteiger partial charge on any atom is 0.161 e. The van der Waals surface area contributed by atoms with Crippen LogP contribution in [0.1, 0.15) is 36.0 Å². The second-order valence-electron chi connectivity index (χ2n) is 5.34. The van der Waals surface area contributed by atoms with Gasteiger partial charge >= 0.3 is 0 Å². The molecule has 118 valence electrons. The van der Waals surface area contributed by atoms with Gasteiger partial charge in [-0.1, -0.05) is 37.3 Å². The van der Waals surface area contributed by atoms with Gasteiger partial charge in [-0.05, 0) is 48.2 Å². The van der Waals surface area contributed by atoms with E-state index in [1.54, 1.807) is 14.2 Å². The molecule has 2 N–H and O–H groups in total. The Labute approximate surface area is 133 Å². The first kappa shape index (κ1) is 16.4. The average molecular weight is 299 g/mol. The molecule has 0 amide bonds. The molecule has 1 unspecified atom stereocenters. The van der Waals surface area contributed by atoms with Crippen LogP contribution < -0.4 is 15.2 Å². The molecule has 0 aliphatic carbocycles. The van der Waals surface area contributed by atoms with Crippen molar-refractivity contribution in [1.29, 1.82) is 0 Å². The van der Waals surface area contributed by atoms with Crippen LogP contribution in [0, 0.1) is 0 Å². The van der Waals surface area contributed by atoms with E-state index in [4.69, 9.17) is 15.2 Å². The molecule has 0 aliphatic rings. The van der Waals surface area contributed by atoms with Gasteiger partial charge in [-0.2, -0.15) is 0 Å². The van der Waals surface area contributed by atoms with Gasteiger partial charge < -0.3 is 15.2 Å². The summed E-state index contributed by atoms with van der Waals surface area (Å²) in [5, 5.41) is 0. The molecule has 22 heavy (non-hydrogen) atoms. The van der Waals surface area contributed by atoms with E-state index in [1.165, 1.54) is 16.7 Å². The minimum Gasteiger partial charge on any atom is -0.493 e. The molecule has 2 aromatic rings. The standard InChI is InChI=1S/C19H25NO2/c1-4-14-5-7-15(8-6-14)17(11-12-20)16-9-10-18(21-2)19(13-16)22-3/h5-10,13,17H,4,11-12,20H2,1-3H3. The van der Waals surface area contributed by atoms with E-state index in [0.717, 1.165) is 24.3 Å². The molecule has 3 heteroatoms. The maximum atomic E-state index is 5.83. The molecule has 0 spiro atoms. The Morgan fingerprint density at radius 3 is 2.09 bits per heavy atom. The number of hydrogen-bond donors (Lipinski definition) is 1. The van der Waals surface area contributed by atoms with Crippen molar-refractivity contribution in [1.82, 2.24) is 0 Å². The monoisotopic (exact) mass is 299 g/mol. The van der Waals surface area contributed by atoms with Gasteiger partial charge in [0.05, 0.1) is 14.2 Å². The van der Waals surface area contributed by atoms with Gasteiger partial charge in [0.1, 0.15) is 0 Å². The molecule has 0 heterocycles. The van der Waals surface area contributed by atoms with E-state index in [0.29, 0.717) is 6.54 Å². The van der Waals surface area contributed by atoms with E-state index in [-0.39, 0.29) is 5.92 Å². The van der Waals surface area contributed by atoms with Crippen LogP contribution in [0.3, 0.4) is 0 Å². The Hall–Kier alpha value is -2.00. The third-order valence-corrected chi connectivity index (χ3v) is 4.06. The first-order valence-corrected chi connectivity index (χ1v) is 7.74. The highest BCUT2D eigenvalue weighted by molar-refractivity contribution is 5.46. The number of hydrogen-bond acceptors (Lipinski definition) is 3. The fourth-order valence-electron chi connectivity index (χ4n) is 2.75. The molecule has 0 bridgehead atoms. The van der Waals surface area contributed by atoms with Gasteiger partial charge in [0.15, 0.2) is 11.5 Å². The van der Waals surface area contributed by atoms with Crippen LogP contribution in [0.15, 0.2) is 42.5 Å². The van der Waals surface area contributed by atoms with Crippen molar-refractivity contribution in [2.45, 2.75) is 25.7 Å². The van der Waals surface area contributed by atoms with Crippen LogP contribution in [0.5, 0.6) is 11.5 Å². The molecule has 1 atom stereocenters. The zero-order valence-corrected chi connectivity index (χ0v) is 13.6. The van der Waals surface area contributed by atoms with Gasteiger partial charge in [-0.15, -0.1) is 0 Å². The fraction of sp³-hybridized carbons (Fsp3) is 0.368. The maximum absolute atomic E-state index is 5.83. The number of ether oxygens (including phenoxy) is 2. The Morgan fingerprint density at radius 2 is 1.55 bits per heavy atom. The Bertz CT molecular complexity index is 593. The summed E-state index contributed by atoms with van der Waals surface area (Å²) >= 11 is 0. The van der Waals surface area contributed by atoms with Crippen LogP contribution in [0.25, 0.3) is 0 Å². The van der Waals surface area contributed by atoms with Crippen molar-refractivity contribution in [2.24, 2.45) is 5.73 Å². The predicted molar refractivity (Wildman–Crippen MR) is 90.9 cm³/mol. The van der Waals surface area contributed by atoms with Crippen LogP contribution in [0.4, 0.5) is 0 Å². The van der Waals surface area contributed by atoms with Crippen molar-refractivity contribution >= 4 is 0 Å². The highest BCUT2D eigenvalue weighted by Gasteiger charge is 2.16. The van der Waals surface area contributed by atoms with Gasteiger partial charge in [-0.3, -0.25) is 0 Å². The van der Waals surface area contributed by atoms with Crippen molar-refractivity contribution in [3.05, 3.63) is 59.2 Å². The van der Waals surface area contributed by atoms with E-state index in [2.05, 4.69) is 37.3 Å².